The number of nitrogens with zero attached hydrogens (tertiary/aromatic N) is 1. The number of ketones is 1. The highest BCUT2D eigenvalue weighted by Crippen LogP contribution is 2.36. The van der Waals surface area contributed by atoms with E-state index in [1.807, 2.05) is 20.8 Å². The van der Waals surface area contributed by atoms with Gasteiger partial charge in [0.2, 0.25) is 5.91 Å². The molecule has 0 unspecified atom stereocenters. The molecule has 1 amide bonds. The van der Waals surface area contributed by atoms with E-state index in [4.69, 9.17) is 5.73 Å². The molecule has 0 spiro atoms. The summed E-state index contributed by atoms with van der Waals surface area (Å²) in [5.74, 6) is -0.290. The van der Waals surface area contributed by atoms with Gasteiger partial charge in [0, 0.05) is 31.5 Å². The lowest BCUT2D eigenvalue weighted by atomic mass is 9.75. The highest BCUT2D eigenvalue weighted by Gasteiger charge is 2.34. The van der Waals surface area contributed by atoms with Crippen molar-refractivity contribution in [2.24, 2.45) is 16.1 Å². The number of hydrogen-bond acceptors (Lipinski definition) is 4. The van der Waals surface area contributed by atoms with Gasteiger partial charge in [-0.1, -0.05) is 20.8 Å². The molecule has 118 valence electrons. The molecule has 1 aliphatic rings. The number of aliphatic hydroxyl groups excluding tert-OH is 1. The van der Waals surface area contributed by atoms with Gasteiger partial charge in [-0.25, -0.2) is 0 Å². The number of hydrogen-bond donors (Lipinski definition) is 2. The summed E-state index contributed by atoms with van der Waals surface area (Å²) in [5.41, 5.74) is 5.91. The zero-order valence-electron chi connectivity index (χ0n) is 13.2. The van der Waals surface area contributed by atoms with Crippen molar-refractivity contribution in [1.82, 2.24) is 0 Å². The fraction of sp³-hybridized carbons (Fsp3) is 0.688. The van der Waals surface area contributed by atoms with Crippen LogP contribution in [0.15, 0.2) is 16.3 Å². The van der Waals surface area contributed by atoms with Gasteiger partial charge in [0.05, 0.1) is 5.57 Å². The summed E-state index contributed by atoms with van der Waals surface area (Å²) in [4.78, 5) is 27.6. The van der Waals surface area contributed by atoms with E-state index in [1.54, 1.807) is 0 Å². The second-order valence-corrected chi connectivity index (χ2v) is 6.41. The summed E-state index contributed by atoms with van der Waals surface area (Å²) in [7, 11) is 0. The third-order valence-corrected chi connectivity index (χ3v) is 3.50. The molecule has 0 aliphatic heterocycles. The second kappa shape index (κ2) is 7.38. The van der Waals surface area contributed by atoms with E-state index in [9.17, 15) is 14.7 Å². The van der Waals surface area contributed by atoms with E-state index in [-0.39, 0.29) is 29.3 Å². The van der Waals surface area contributed by atoms with Gasteiger partial charge in [0.15, 0.2) is 5.78 Å². The smallest absolute Gasteiger partial charge is 0.217 e. The van der Waals surface area contributed by atoms with Gasteiger partial charge in [-0.2, -0.15) is 0 Å². The molecule has 0 fully saturated rings. The molecular weight excluding hydrogens is 268 g/mol. The molecule has 0 atom stereocenters. The van der Waals surface area contributed by atoms with Crippen LogP contribution in [0.2, 0.25) is 0 Å². The summed E-state index contributed by atoms with van der Waals surface area (Å²) < 4.78 is 0. The Kier molecular flexibility index (Phi) is 6.12. The van der Waals surface area contributed by atoms with E-state index in [0.717, 1.165) is 6.42 Å². The van der Waals surface area contributed by atoms with E-state index in [2.05, 4.69) is 4.99 Å². The number of carbonyl (C=O) groups excluding carboxylic acids is 2. The SMILES string of the molecule is CCCN=C(CCCC(N)=O)C1=C(O)CC(C)(C)CC1=O. The van der Waals surface area contributed by atoms with Gasteiger partial charge in [-0.05, 0) is 24.7 Å². The number of rotatable bonds is 7. The van der Waals surface area contributed by atoms with Crippen molar-refractivity contribution in [3.8, 4) is 0 Å². The van der Waals surface area contributed by atoms with E-state index in [0.29, 0.717) is 43.5 Å². The number of aliphatic imine (C=N–C) groups is 1. The highest BCUT2D eigenvalue weighted by atomic mass is 16.3. The summed E-state index contributed by atoms with van der Waals surface area (Å²) in [5, 5.41) is 10.2. The van der Waals surface area contributed by atoms with E-state index in [1.165, 1.54) is 0 Å². The van der Waals surface area contributed by atoms with Gasteiger partial charge in [-0.3, -0.25) is 14.6 Å². The predicted octanol–water partition coefficient (Wildman–Crippen LogP) is 2.69. The van der Waals surface area contributed by atoms with Crippen LogP contribution < -0.4 is 5.73 Å². The first kappa shape index (κ1) is 17.4. The van der Waals surface area contributed by atoms with Gasteiger partial charge in [0.1, 0.15) is 5.76 Å². The number of aliphatic hydroxyl groups is 1. The molecule has 0 heterocycles. The molecule has 0 saturated heterocycles. The Hall–Kier alpha value is -1.65. The Morgan fingerprint density at radius 1 is 1.33 bits per heavy atom. The molecule has 0 aromatic carbocycles. The van der Waals surface area contributed by atoms with Crippen LogP contribution in [0.5, 0.6) is 0 Å². The Balaban J connectivity index is 2.96. The van der Waals surface area contributed by atoms with Gasteiger partial charge >= 0.3 is 0 Å². The maximum absolute atomic E-state index is 12.3. The lowest BCUT2D eigenvalue weighted by Crippen LogP contribution is -2.29. The van der Waals surface area contributed by atoms with Crippen molar-refractivity contribution in [3.05, 3.63) is 11.3 Å². The average Bonchev–Trinajstić information content (AvgIpc) is 2.32. The van der Waals surface area contributed by atoms with Crippen molar-refractivity contribution in [2.45, 2.75) is 59.3 Å². The Morgan fingerprint density at radius 2 is 2.00 bits per heavy atom. The van der Waals surface area contributed by atoms with Gasteiger partial charge in [-0.15, -0.1) is 0 Å². The molecule has 21 heavy (non-hydrogen) atoms. The average molecular weight is 294 g/mol. The quantitative estimate of drug-likeness (QED) is 0.707. The predicted molar refractivity (Wildman–Crippen MR) is 83.3 cm³/mol. The minimum absolute atomic E-state index is 0.0577. The first-order chi connectivity index (χ1) is 9.76. The number of carbonyl (C=O) groups is 2. The van der Waals surface area contributed by atoms with Crippen LogP contribution in [-0.4, -0.2) is 29.1 Å². The topological polar surface area (TPSA) is 92.8 Å². The van der Waals surface area contributed by atoms with Crippen LogP contribution in [0, 0.1) is 5.41 Å². The Labute approximate surface area is 126 Å². The summed E-state index contributed by atoms with van der Waals surface area (Å²) in [6.07, 6.45) is 3.06. The maximum Gasteiger partial charge on any atom is 0.217 e. The zero-order chi connectivity index (χ0) is 16.0. The fourth-order valence-electron chi connectivity index (χ4n) is 2.58. The molecule has 0 bridgehead atoms. The molecular formula is C16H26N2O3. The molecule has 0 aromatic rings. The van der Waals surface area contributed by atoms with Crippen LogP contribution in [-0.2, 0) is 9.59 Å². The zero-order valence-corrected chi connectivity index (χ0v) is 13.2. The first-order valence-electron chi connectivity index (χ1n) is 7.54. The minimum atomic E-state index is -0.362. The monoisotopic (exact) mass is 294 g/mol. The van der Waals surface area contributed by atoms with Crippen LogP contribution in [0.1, 0.15) is 59.3 Å². The molecule has 1 rings (SSSR count). The van der Waals surface area contributed by atoms with Gasteiger partial charge in [0.25, 0.3) is 0 Å². The van der Waals surface area contributed by atoms with Crippen molar-refractivity contribution >= 4 is 17.4 Å². The fourth-order valence-corrected chi connectivity index (χ4v) is 2.58. The molecule has 0 aromatic heterocycles. The first-order valence-corrected chi connectivity index (χ1v) is 7.54. The third-order valence-electron chi connectivity index (χ3n) is 3.50. The third kappa shape index (κ3) is 5.33. The normalized spacial score (nSPS) is 19.0. The number of Topliss-reactive ketones (excluding diaryl/α,β-unsaturated/α-hetero) is 1. The lowest BCUT2D eigenvalue weighted by molar-refractivity contribution is -0.118. The maximum atomic E-state index is 12.3. The van der Waals surface area contributed by atoms with Crippen molar-refractivity contribution in [3.63, 3.8) is 0 Å². The standard InChI is InChI=1S/C16H26N2O3/c1-4-8-18-11(6-5-7-14(17)21)15-12(19)9-16(2,3)10-13(15)20/h19H,4-10H2,1-3H3,(H2,17,21). The molecule has 3 N–H and O–H groups in total. The van der Waals surface area contributed by atoms with E-state index >= 15 is 0 Å². The van der Waals surface area contributed by atoms with Crippen LogP contribution in [0.4, 0.5) is 0 Å². The van der Waals surface area contributed by atoms with Crippen LogP contribution in [0.25, 0.3) is 0 Å². The second-order valence-electron chi connectivity index (χ2n) is 6.41. The van der Waals surface area contributed by atoms with Crippen LogP contribution in [0.3, 0.4) is 0 Å². The molecule has 0 radical (unpaired) electrons. The van der Waals surface area contributed by atoms with Crippen molar-refractivity contribution in [2.75, 3.05) is 6.54 Å². The summed E-state index contributed by atoms with van der Waals surface area (Å²) in [6.45, 7) is 6.55. The van der Waals surface area contributed by atoms with Crippen molar-refractivity contribution < 1.29 is 14.7 Å². The molecule has 1 aliphatic carbocycles. The highest BCUT2D eigenvalue weighted by molar-refractivity contribution is 6.23. The number of primary amides is 1. The van der Waals surface area contributed by atoms with E-state index < -0.39 is 0 Å². The van der Waals surface area contributed by atoms with Crippen LogP contribution >= 0.6 is 0 Å². The number of nitrogens with two attached hydrogens (primary N) is 1. The Morgan fingerprint density at radius 3 is 2.52 bits per heavy atom. The minimum Gasteiger partial charge on any atom is -0.511 e. The molecule has 5 heteroatoms. The number of allylic oxidation sites excluding steroid dienone is 2. The molecule has 5 nitrogen and oxygen atoms in total. The number of amides is 1. The summed E-state index contributed by atoms with van der Waals surface area (Å²) in [6, 6.07) is 0. The Bertz CT molecular complexity index is 476. The lowest BCUT2D eigenvalue weighted by Gasteiger charge is -2.30. The largest absolute Gasteiger partial charge is 0.511 e. The summed E-state index contributed by atoms with van der Waals surface area (Å²) >= 11 is 0. The van der Waals surface area contributed by atoms with Gasteiger partial charge < -0.3 is 10.8 Å². The van der Waals surface area contributed by atoms with Crippen molar-refractivity contribution in [1.29, 1.82) is 0 Å². The molecule has 0 saturated carbocycles.